The number of benzene rings is 2. The first-order valence-corrected chi connectivity index (χ1v) is 7.85. The highest BCUT2D eigenvalue weighted by molar-refractivity contribution is 5.96. The van der Waals surface area contributed by atoms with Crippen molar-refractivity contribution in [1.29, 1.82) is 0 Å². The Morgan fingerprint density at radius 2 is 1.74 bits per heavy atom. The number of rotatable bonds is 7. The fraction of sp³-hybridized carbons (Fsp3) is 0.105. The summed E-state index contributed by atoms with van der Waals surface area (Å²) in [5.74, 6) is 0.0190. The number of hydrogen-bond donors (Lipinski definition) is 3. The fourth-order valence-electron chi connectivity index (χ4n) is 2.22. The van der Waals surface area contributed by atoms with Crippen molar-refractivity contribution in [1.82, 2.24) is 10.9 Å². The first-order chi connectivity index (χ1) is 13.1. The van der Waals surface area contributed by atoms with E-state index in [4.69, 9.17) is 14.7 Å². The summed E-state index contributed by atoms with van der Waals surface area (Å²) in [6, 6.07) is 11.9. The van der Waals surface area contributed by atoms with Crippen molar-refractivity contribution in [2.45, 2.75) is 0 Å². The van der Waals surface area contributed by atoms with E-state index < -0.39 is 11.8 Å². The summed E-state index contributed by atoms with van der Waals surface area (Å²) >= 11 is 0. The van der Waals surface area contributed by atoms with Crippen molar-refractivity contribution in [3.05, 3.63) is 65.2 Å². The quantitative estimate of drug-likeness (QED) is 0.299. The molecule has 0 aliphatic heterocycles. The summed E-state index contributed by atoms with van der Waals surface area (Å²) in [6.07, 6.45) is 4.04. The van der Waals surface area contributed by atoms with E-state index in [2.05, 4.69) is 10.5 Å². The Morgan fingerprint density at radius 3 is 2.37 bits per heavy atom. The van der Waals surface area contributed by atoms with Crippen LogP contribution >= 0.6 is 0 Å². The number of carbonyl (C=O) groups is 2. The summed E-state index contributed by atoms with van der Waals surface area (Å²) in [5, 5.41) is 12.4. The molecule has 3 N–H and O–H groups in total. The van der Waals surface area contributed by atoms with E-state index >= 15 is 0 Å². The second-order valence-electron chi connectivity index (χ2n) is 5.21. The molecular weight excluding hydrogens is 350 g/mol. The third-order valence-electron chi connectivity index (χ3n) is 3.51. The van der Waals surface area contributed by atoms with Crippen molar-refractivity contribution < 1.29 is 24.3 Å². The van der Waals surface area contributed by atoms with E-state index in [1.807, 2.05) is 0 Å². The van der Waals surface area contributed by atoms with Crippen molar-refractivity contribution in [3.8, 4) is 11.5 Å². The van der Waals surface area contributed by atoms with Gasteiger partial charge in [-0.25, -0.2) is 10.9 Å². The zero-order valence-electron chi connectivity index (χ0n) is 14.8. The molecule has 2 amide bonds. The van der Waals surface area contributed by atoms with E-state index in [0.29, 0.717) is 28.2 Å². The molecule has 0 saturated heterocycles. The van der Waals surface area contributed by atoms with Gasteiger partial charge in [-0.15, -0.1) is 0 Å². The molecule has 0 spiro atoms. The van der Waals surface area contributed by atoms with E-state index in [9.17, 15) is 9.59 Å². The molecule has 0 fully saturated rings. The number of nitrogens with zero attached hydrogens (tertiary/aromatic N) is 1. The van der Waals surface area contributed by atoms with Gasteiger partial charge in [0.2, 0.25) is 0 Å². The van der Waals surface area contributed by atoms with Crippen LogP contribution in [0.3, 0.4) is 0 Å². The SMILES string of the molecule is COc1cccc(OC)c1/C=N/NC(=O)c1cccc(/C=C/C(=O)NO)c1. The van der Waals surface area contributed by atoms with Crippen LogP contribution in [0.2, 0.25) is 0 Å². The fourth-order valence-corrected chi connectivity index (χ4v) is 2.22. The molecule has 0 radical (unpaired) electrons. The molecule has 140 valence electrons. The van der Waals surface area contributed by atoms with Crippen LogP contribution in [-0.4, -0.2) is 37.5 Å². The third-order valence-corrected chi connectivity index (χ3v) is 3.51. The summed E-state index contributed by atoms with van der Waals surface area (Å²) in [4.78, 5) is 23.3. The van der Waals surface area contributed by atoms with Crippen molar-refractivity contribution in [2.75, 3.05) is 14.2 Å². The van der Waals surface area contributed by atoms with E-state index in [0.717, 1.165) is 6.08 Å². The molecule has 8 nitrogen and oxygen atoms in total. The first-order valence-electron chi connectivity index (χ1n) is 7.85. The zero-order chi connectivity index (χ0) is 19.6. The minimum atomic E-state index is -0.666. The maximum atomic E-state index is 12.3. The Hall–Kier alpha value is -3.65. The predicted molar refractivity (Wildman–Crippen MR) is 100 cm³/mol. The predicted octanol–water partition coefficient (Wildman–Crippen LogP) is 1.99. The molecule has 0 heterocycles. The number of hydrogen-bond acceptors (Lipinski definition) is 6. The first kappa shape index (κ1) is 19.7. The van der Waals surface area contributed by atoms with Gasteiger partial charge in [-0.2, -0.15) is 5.10 Å². The molecular formula is C19H19N3O5. The number of carbonyl (C=O) groups excluding carboxylic acids is 2. The number of ether oxygens (including phenoxy) is 2. The van der Waals surface area contributed by atoms with Gasteiger partial charge in [0.05, 0.1) is 26.0 Å². The van der Waals surface area contributed by atoms with Gasteiger partial charge in [-0.05, 0) is 35.9 Å². The number of hydroxylamine groups is 1. The van der Waals surface area contributed by atoms with Crippen LogP contribution in [0, 0.1) is 0 Å². The second kappa shape index (κ2) is 9.73. The molecule has 0 bridgehead atoms. The highest BCUT2D eigenvalue weighted by Crippen LogP contribution is 2.26. The second-order valence-corrected chi connectivity index (χ2v) is 5.21. The molecule has 0 aliphatic carbocycles. The smallest absolute Gasteiger partial charge is 0.271 e. The molecule has 0 aromatic heterocycles. The van der Waals surface area contributed by atoms with Crippen molar-refractivity contribution >= 4 is 24.1 Å². The Bertz CT molecular complexity index is 855. The van der Waals surface area contributed by atoms with E-state index in [1.54, 1.807) is 42.5 Å². The van der Waals surface area contributed by atoms with Gasteiger partial charge < -0.3 is 9.47 Å². The van der Waals surface area contributed by atoms with Crippen LogP contribution in [0.4, 0.5) is 0 Å². The molecule has 27 heavy (non-hydrogen) atoms. The van der Waals surface area contributed by atoms with E-state index in [-0.39, 0.29) is 0 Å². The lowest BCUT2D eigenvalue weighted by Gasteiger charge is -2.09. The Kier molecular flexibility index (Phi) is 7.09. The standard InChI is InChI=1S/C19H19N3O5/c1-26-16-7-4-8-17(27-2)15(16)12-20-21-19(24)14-6-3-5-13(11-14)9-10-18(23)22-25/h3-12,25H,1-2H3,(H,21,24)(H,22,23)/b10-9+,20-12+. The molecule has 0 unspecified atom stereocenters. The number of methoxy groups -OCH3 is 2. The lowest BCUT2D eigenvalue weighted by Crippen LogP contribution is -2.17. The van der Waals surface area contributed by atoms with Crippen LogP contribution in [0.25, 0.3) is 6.08 Å². The summed E-state index contributed by atoms with van der Waals surface area (Å²) in [7, 11) is 3.06. The molecule has 2 aromatic carbocycles. The number of nitrogens with one attached hydrogen (secondary N) is 2. The van der Waals surface area contributed by atoms with Gasteiger partial charge in [-0.1, -0.05) is 18.2 Å². The third kappa shape index (κ3) is 5.41. The molecule has 0 aliphatic rings. The summed E-state index contributed by atoms with van der Waals surface area (Å²) < 4.78 is 10.5. The lowest BCUT2D eigenvalue weighted by atomic mass is 10.1. The van der Waals surface area contributed by atoms with Gasteiger partial charge in [0.25, 0.3) is 11.8 Å². The maximum Gasteiger partial charge on any atom is 0.271 e. The van der Waals surface area contributed by atoms with E-state index in [1.165, 1.54) is 32.0 Å². The monoisotopic (exact) mass is 369 g/mol. The van der Waals surface area contributed by atoms with Gasteiger partial charge in [-0.3, -0.25) is 14.8 Å². The zero-order valence-corrected chi connectivity index (χ0v) is 14.8. The van der Waals surface area contributed by atoms with Crippen LogP contribution in [0.15, 0.2) is 53.6 Å². The molecule has 8 heteroatoms. The average molecular weight is 369 g/mol. The highest BCUT2D eigenvalue weighted by atomic mass is 16.5. The number of hydrazone groups is 1. The van der Waals surface area contributed by atoms with Crippen LogP contribution < -0.4 is 20.4 Å². The Morgan fingerprint density at radius 1 is 1.07 bits per heavy atom. The number of amides is 2. The molecule has 2 rings (SSSR count). The minimum Gasteiger partial charge on any atom is -0.496 e. The summed E-state index contributed by atoms with van der Waals surface area (Å²) in [6.45, 7) is 0. The van der Waals surface area contributed by atoms with Gasteiger partial charge in [0, 0.05) is 11.6 Å². The maximum absolute atomic E-state index is 12.3. The van der Waals surface area contributed by atoms with Gasteiger partial charge in [0.15, 0.2) is 0 Å². The average Bonchev–Trinajstić information content (AvgIpc) is 2.71. The topological polar surface area (TPSA) is 109 Å². The molecule has 0 saturated carbocycles. The molecule has 2 aromatic rings. The van der Waals surface area contributed by atoms with Crippen LogP contribution in [-0.2, 0) is 4.79 Å². The normalized spacial score (nSPS) is 10.8. The van der Waals surface area contributed by atoms with Crippen LogP contribution in [0.5, 0.6) is 11.5 Å². The van der Waals surface area contributed by atoms with Crippen LogP contribution in [0.1, 0.15) is 21.5 Å². The lowest BCUT2D eigenvalue weighted by molar-refractivity contribution is -0.124. The Balaban J connectivity index is 2.11. The van der Waals surface area contributed by atoms with Gasteiger partial charge in [0.1, 0.15) is 11.5 Å². The molecule has 0 atom stereocenters. The Labute approximate surface area is 156 Å². The highest BCUT2D eigenvalue weighted by Gasteiger charge is 2.08. The largest absolute Gasteiger partial charge is 0.496 e. The van der Waals surface area contributed by atoms with Crippen molar-refractivity contribution in [2.24, 2.45) is 5.10 Å². The van der Waals surface area contributed by atoms with Crippen molar-refractivity contribution in [3.63, 3.8) is 0 Å². The van der Waals surface area contributed by atoms with Gasteiger partial charge >= 0.3 is 0 Å². The minimum absolute atomic E-state index is 0.352. The summed E-state index contributed by atoms with van der Waals surface area (Å²) in [5.41, 5.74) is 5.48.